The van der Waals surface area contributed by atoms with Crippen LogP contribution in [0, 0.1) is 0 Å². The molecule has 0 saturated heterocycles. The van der Waals surface area contributed by atoms with Crippen LogP contribution in [0.1, 0.15) is 0 Å². The van der Waals surface area contributed by atoms with Crippen molar-refractivity contribution >= 4 is 47.1 Å². The van der Waals surface area contributed by atoms with Gasteiger partial charge < -0.3 is 0 Å². The Morgan fingerprint density at radius 2 is 1.25 bits per heavy atom. The van der Waals surface area contributed by atoms with Gasteiger partial charge in [-0.25, -0.2) is 0 Å². The standard InChI is InChI=1S/Al.BH2.Mg.Ni.5H/h;1H2;;;;;;;/q;+1;;-1;;;;;. The quantitative estimate of drug-likeness (QED) is 0.304. The van der Waals surface area contributed by atoms with E-state index in [1.165, 1.54) is 0 Å². The van der Waals surface area contributed by atoms with E-state index < -0.39 is 0 Å². The van der Waals surface area contributed by atoms with Gasteiger partial charge in [0.25, 0.3) is 0 Å². The molecule has 0 bridgehead atoms. The third kappa shape index (κ3) is 9.13. The smallest absolute Gasteiger partial charge is 0.316 e. The van der Waals surface area contributed by atoms with E-state index >= 15 is 0 Å². The Hall–Kier alpha value is 1.86. The molecular formula is H7AlBMgNi. The molecule has 0 amide bonds. The van der Waals surface area contributed by atoms with Crippen LogP contribution in [-0.4, -0.2) is 47.1 Å². The summed E-state index contributed by atoms with van der Waals surface area (Å²) in [5.41, 5.74) is 0. The van der Waals surface area contributed by atoms with E-state index in [-0.39, 0.29) is 40.4 Å². The first-order chi connectivity index (χ1) is 1.00. The monoisotopic (exact) mass is 127 g/mol. The molecule has 0 saturated carbocycles. The second-order valence-corrected chi connectivity index (χ2v) is 0. The molecule has 0 aromatic carbocycles. The van der Waals surface area contributed by atoms with Crippen molar-refractivity contribution in [2.24, 2.45) is 0 Å². The van der Waals surface area contributed by atoms with Crippen molar-refractivity contribution in [3.8, 4) is 0 Å². The summed E-state index contributed by atoms with van der Waals surface area (Å²) in [4.78, 5) is 0. The second-order valence-electron chi connectivity index (χ2n) is 0. The van der Waals surface area contributed by atoms with E-state index in [4.69, 9.17) is 0 Å². The van der Waals surface area contributed by atoms with Gasteiger partial charge in [0.15, 0.2) is 17.4 Å². The Bertz CT molecular complexity index is 8.00. The molecule has 25 valence electrons. The minimum absolute atomic E-state index is 0. The van der Waals surface area contributed by atoms with Crippen LogP contribution in [-0.2, 0) is 15.3 Å². The molecular weight excluding hydrogens is 121 g/mol. The molecule has 0 aliphatic rings. The summed E-state index contributed by atoms with van der Waals surface area (Å²) >= 11 is 3.88. The van der Waals surface area contributed by atoms with E-state index in [1.54, 1.807) is 6.74 Å². The van der Waals surface area contributed by atoms with Gasteiger partial charge in [0.1, 0.15) is 0 Å². The van der Waals surface area contributed by atoms with E-state index in [1.807, 2.05) is 0 Å². The Morgan fingerprint density at radius 1 is 1.25 bits per heavy atom. The molecule has 0 nitrogen and oxygen atoms in total. The van der Waals surface area contributed by atoms with E-state index in [2.05, 4.69) is 15.3 Å². The van der Waals surface area contributed by atoms with Crippen molar-refractivity contribution in [1.82, 2.24) is 0 Å². The summed E-state index contributed by atoms with van der Waals surface area (Å²) in [6, 6.07) is 0. The minimum atomic E-state index is 0. The first-order valence-corrected chi connectivity index (χ1v) is 1.30. The Balaban J connectivity index is -0.00000000500. The topological polar surface area (TPSA) is 0 Å². The molecule has 0 atom stereocenters. The van der Waals surface area contributed by atoms with E-state index in [0.717, 1.165) is 0 Å². The van der Waals surface area contributed by atoms with Crippen molar-refractivity contribution in [2.45, 2.75) is 0 Å². The zero-order valence-corrected chi connectivity index (χ0v) is 2.30. The maximum absolute atomic E-state index is 3.88. The van der Waals surface area contributed by atoms with Crippen LogP contribution in [0.3, 0.4) is 0 Å². The Morgan fingerprint density at radius 3 is 1.25 bits per heavy atom. The molecule has 0 fully saturated rings. The molecule has 0 aromatic rings. The molecule has 0 aliphatic heterocycles. The second kappa shape index (κ2) is 21.0. The van der Waals surface area contributed by atoms with Crippen LogP contribution in [0.2, 0.25) is 0 Å². The third-order valence-corrected chi connectivity index (χ3v) is 0. The van der Waals surface area contributed by atoms with Gasteiger partial charge in [-0.3, -0.25) is 0 Å². The number of hydrogen-bond donors (Lipinski definition) is 0. The summed E-state index contributed by atoms with van der Waals surface area (Å²) in [6.45, 7) is 1.62. The van der Waals surface area contributed by atoms with Gasteiger partial charge in [-0.1, -0.05) is 0 Å². The van der Waals surface area contributed by atoms with Gasteiger partial charge >= 0.3 is 45.1 Å². The van der Waals surface area contributed by atoms with Crippen molar-refractivity contribution in [3.63, 3.8) is 0 Å². The van der Waals surface area contributed by atoms with Crippen LogP contribution >= 0.6 is 0 Å². The predicted molar refractivity (Wildman–Crippen MR) is 27.0 cm³/mol. The Kier molecular flexibility index (Phi) is 88.7. The first-order valence-electron chi connectivity index (χ1n) is 0.316. The molecule has 0 rings (SSSR count). The molecule has 0 heterocycles. The van der Waals surface area contributed by atoms with Gasteiger partial charge in [0.05, 0.1) is 0 Å². The predicted octanol–water partition coefficient (Wildman–Crippen LogP) is -3.02. The van der Waals surface area contributed by atoms with Crippen molar-refractivity contribution in [3.05, 3.63) is 0 Å². The summed E-state index contributed by atoms with van der Waals surface area (Å²) in [6.07, 6.45) is 0. The van der Waals surface area contributed by atoms with Crippen LogP contribution in [0.25, 0.3) is 0 Å². The molecule has 0 radical (unpaired) electrons. The fourth-order valence-electron chi connectivity index (χ4n) is 0. The van der Waals surface area contributed by atoms with Gasteiger partial charge in [0.2, 0.25) is 0 Å². The van der Waals surface area contributed by atoms with Crippen LogP contribution < -0.4 is 0 Å². The average molecular weight is 128 g/mol. The van der Waals surface area contributed by atoms with Gasteiger partial charge in [-0.15, -0.1) is 0 Å². The van der Waals surface area contributed by atoms with Crippen LogP contribution in [0.5, 0.6) is 0 Å². The first kappa shape index (κ1) is 16.9. The van der Waals surface area contributed by atoms with E-state index in [0.29, 0.717) is 0 Å². The zero-order chi connectivity index (χ0) is 2.00. The fourth-order valence-corrected chi connectivity index (χ4v) is 0. The maximum atomic E-state index is 3.88. The van der Waals surface area contributed by atoms with Gasteiger partial charge in [0, 0.05) is 0 Å². The van der Waals surface area contributed by atoms with Gasteiger partial charge in [-0.05, 0) is 0 Å². The molecule has 4 heteroatoms. The summed E-state index contributed by atoms with van der Waals surface area (Å²) in [5.74, 6) is 0. The molecule has 0 spiro atoms. The zero-order valence-electron chi connectivity index (χ0n) is 1.32. The molecule has 0 aliphatic carbocycles. The molecule has 0 aromatic heterocycles. The third-order valence-electron chi connectivity index (χ3n) is 0. The molecule has 0 N–H and O–H groups in total. The van der Waals surface area contributed by atoms with Crippen molar-refractivity contribution < 1.29 is 15.3 Å². The average Bonchev–Trinajstić information content (AvgIpc) is 1.00. The number of hydrogen-bond acceptors (Lipinski definition) is 0. The van der Waals surface area contributed by atoms with Crippen molar-refractivity contribution in [1.29, 1.82) is 0 Å². The SMILES string of the molecule is [AlH3].[BH2][Ni].[MgH2]. The van der Waals surface area contributed by atoms with Crippen LogP contribution in [0.4, 0.5) is 0 Å². The normalized spacial score (nSPS) is 1.50. The molecule has 0 unspecified atom stereocenters. The summed E-state index contributed by atoms with van der Waals surface area (Å²) < 4.78 is 0. The Labute approximate surface area is 62.0 Å². The summed E-state index contributed by atoms with van der Waals surface area (Å²) in [5, 5.41) is 0. The van der Waals surface area contributed by atoms with E-state index in [9.17, 15) is 0 Å². The minimum Gasteiger partial charge on any atom is 0.316 e. The largest absolute Gasteiger partial charge is 0.316 e. The maximum Gasteiger partial charge on any atom is 0.316 e. The van der Waals surface area contributed by atoms with Crippen molar-refractivity contribution in [2.75, 3.05) is 0 Å². The molecule has 4 heavy (non-hydrogen) atoms. The fraction of sp³-hybridized carbons (Fsp3) is 0. The van der Waals surface area contributed by atoms with Gasteiger partial charge in [-0.2, -0.15) is 0 Å². The van der Waals surface area contributed by atoms with Crippen LogP contribution in [0.15, 0.2) is 0 Å². The number of rotatable bonds is 0. The summed E-state index contributed by atoms with van der Waals surface area (Å²) in [7, 11) is 0.